The fourth-order valence-electron chi connectivity index (χ4n) is 9.99. The van der Waals surface area contributed by atoms with Crippen molar-refractivity contribution in [3.63, 3.8) is 0 Å². The first-order chi connectivity index (χ1) is 19.5. The van der Waals surface area contributed by atoms with Crippen LogP contribution in [0.2, 0.25) is 0 Å². The number of carbonyl (C=O) groups is 2. The molecule has 41 heavy (non-hydrogen) atoms. The van der Waals surface area contributed by atoms with Gasteiger partial charge in [-0.25, -0.2) is 0 Å². The van der Waals surface area contributed by atoms with Crippen molar-refractivity contribution < 1.29 is 19.8 Å². The largest absolute Gasteiger partial charge is 0.393 e. The zero-order chi connectivity index (χ0) is 29.8. The number of hydrogen-bond donors (Lipinski definition) is 4. The highest BCUT2D eigenvalue weighted by Gasteiger charge is 2.63. The van der Waals surface area contributed by atoms with Crippen LogP contribution < -0.4 is 10.6 Å². The van der Waals surface area contributed by atoms with Crippen LogP contribution in [0.25, 0.3) is 0 Å². The van der Waals surface area contributed by atoms with Crippen LogP contribution in [0.4, 0.5) is 0 Å². The van der Waals surface area contributed by atoms with Crippen molar-refractivity contribution in [2.45, 2.75) is 136 Å². The van der Waals surface area contributed by atoms with Gasteiger partial charge in [0.05, 0.1) is 12.2 Å². The van der Waals surface area contributed by atoms with E-state index in [-0.39, 0.29) is 41.3 Å². The quantitative estimate of drug-likeness (QED) is 0.146. The molecule has 6 nitrogen and oxygen atoms in total. The first kappa shape index (κ1) is 32.1. The number of carbonyl (C=O) groups excluding carboxylic acids is 2. The van der Waals surface area contributed by atoms with E-state index in [0.717, 1.165) is 51.4 Å². The van der Waals surface area contributed by atoms with Gasteiger partial charge in [-0.15, -0.1) is 12.3 Å². The van der Waals surface area contributed by atoms with Crippen molar-refractivity contribution in [1.82, 2.24) is 10.6 Å². The van der Waals surface area contributed by atoms with Crippen molar-refractivity contribution in [3.8, 4) is 12.3 Å². The number of terminal acetylenes is 1. The lowest BCUT2D eigenvalue weighted by Gasteiger charge is -2.62. The van der Waals surface area contributed by atoms with Gasteiger partial charge < -0.3 is 20.8 Å². The Kier molecular flexibility index (Phi) is 10.7. The van der Waals surface area contributed by atoms with E-state index in [1.165, 1.54) is 25.7 Å². The van der Waals surface area contributed by atoms with E-state index in [2.05, 4.69) is 37.3 Å². The van der Waals surface area contributed by atoms with Crippen LogP contribution in [0.5, 0.6) is 0 Å². The molecule has 0 aliphatic heterocycles. The SMILES string of the molecule is C#CCC(NC(=O)C=CCCC(C)C1CCC2C3CCC4CC(O)CCC4(C)C3CC(O)C12C)NC(=O)CCCC. The van der Waals surface area contributed by atoms with Crippen molar-refractivity contribution in [1.29, 1.82) is 0 Å². The maximum absolute atomic E-state index is 12.5. The average molecular weight is 569 g/mol. The maximum atomic E-state index is 12.5. The zero-order valence-electron chi connectivity index (χ0n) is 26.0. The highest BCUT2D eigenvalue weighted by atomic mass is 16.3. The van der Waals surface area contributed by atoms with Gasteiger partial charge in [-0.3, -0.25) is 9.59 Å². The zero-order valence-corrected chi connectivity index (χ0v) is 26.0. The van der Waals surface area contributed by atoms with Crippen LogP contribution >= 0.6 is 0 Å². The van der Waals surface area contributed by atoms with E-state index in [9.17, 15) is 19.8 Å². The Bertz CT molecular complexity index is 989. The summed E-state index contributed by atoms with van der Waals surface area (Å²) >= 11 is 0. The van der Waals surface area contributed by atoms with E-state index >= 15 is 0 Å². The van der Waals surface area contributed by atoms with Gasteiger partial charge in [-0.2, -0.15) is 0 Å². The van der Waals surface area contributed by atoms with Crippen LogP contribution in [0.3, 0.4) is 0 Å². The Labute approximate surface area is 248 Å². The Morgan fingerprint density at radius 2 is 1.85 bits per heavy atom. The highest BCUT2D eigenvalue weighted by molar-refractivity contribution is 5.88. The van der Waals surface area contributed by atoms with E-state index < -0.39 is 6.17 Å². The predicted molar refractivity (Wildman–Crippen MR) is 163 cm³/mol. The number of nitrogens with one attached hydrogen (secondary N) is 2. The second-order valence-corrected chi connectivity index (χ2v) is 14.5. The summed E-state index contributed by atoms with van der Waals surface area (Å²) in [7, 11) is 0. The fraction of sp³-hybridized carbons (Fsp3) is 0.829. The van der Waals surface area contributed by atoms with E-state index in [1.807, 2.05) is 13.0 Å². The van der Waals surface area contributed by atoms with Gasteiger partial charge in [0, 0.05) is 12.8 Å². The Morgan fingerprint density at radius 3 is 2.59 bits per heavy atom. The van der Waals surface area contributed by atoms with Gasteiger partial charge in [0.2, 0.25) is 11.8 Å². The Hall–Kier alpha value is -1.84. The summed E-state index contributed by atoms with van der Waals surface area (Å²) in [5, 5.41) is 27.8. The molecule has 0 spiro atoms. The van der Waals surface area contributed by atoms with Crippen LogP contribution in [0.1, 0.15) is 118 Å². The summed E-state index contributed by atoms with van der Waals surface area (Å²) in [6.45, 7) is 9.23. The Morgan fingerprint density at radius 1 is 1.07 bits per heavy atom. The second-order valence-electron chi connectivity index (χ2n) is 14.5. The maximum Gasteiger partial charge on any atom is 0.245 e. The minimum atomic E-state index is -0.552. The van der Waals surface area contributed by atoms with Gasteiger partial charge in [0.15, 0.2) is 0 Å². The third-order valence-electron chi connectivity index (χ3n) is 12.3. The highest BCUT2D eigenvalue weighted by Crippen LogP contribution is 2.68. The summed E-state index contributed by atoms with van der Waals surface area (Å²) < 4.78 is 0. The normalized spacial score (nSPS) is 39.6. The van der Waals surface area contributed by atoms with E-state index in [0.29, 0.717) is 41.9 Å². The first-order valence-electron chi connectivity index (χ1n) is 16.6. The minimum Gasteiger partial charge on any atom is -0.393 e. The summed E-state index contributed by atoms with van der Waals surface area (Å²) in [4.78, 5) is 24.6. The second kappa shape index (κ2) is 13.6. The summed E-state index contributed by atoms with van der Waals surface area (Å²) in [6.07, 6.45) is 20.9. The molecule has 6 heteroatoms. The van der Waals surface area contributed by atoms with Gasteiger partial charge >= 0.3 is 0 Å². The monoisotopic (exact) mass is 568 g/mol. The predicted octanol–water partition coefficient (Wildman–Crippen LogP) is 5.72. The molecule has 0 aromatic heterocycles. The van der Waals surface area contributed by atoms with Gasteiger partial charge in [-0.05, 0) is 123 Å². The van der Waals surface area contributed by atoms with Crippen LogP contribution in [-0.2, 0) is 9.59 Å². The van der Waals surface area contributed by atoms with Crippen molar-refractivity contribution in [3.05, 3.63) is 12.2 Å². The molecule has 0 bridgehead atoms. The first-order valence-corrected chi connectivity index (χ1v) is 16.6. The molecule has 0 aromatic rings. The molecule has 230 valence electrons. The number of unbranched alkanes of at least 4 members (excludes halogenated alkanes) is 1. The van der Waals surface area contributed by atoms with Crippen LogP contribution in [-0.4, -0.2) is 40.4 Å². The van der Waals surface area contributed by atoms with Crippen molar-refractivity contribution >= 4 is 11.8 Å². The summed E-state index contributed by atoms with van der Waals surface area (Å²) in [5.74, 6) is 5.60. The molecule has 4 saturated carbocycles. The third kappa shape index (κ3) is 6.72. The smallest absolute Gasteiger partial charge is 0.245 e. The molecule has 4 aliphatic carbocycles. The third-order valence-corrected chi connectivity index (χ3v) is 12.3. The molecule has 4 aliphatic rings. The summed E-state index contributed by atoms with van der Waals surface area (Å²) in [6, 6.07) is 0. The molecule has 2 amide bonds. The molecule has 0 radical (unpaired) electrons. The number of fused-ring (bicyclic) bond motifs is 5. The Balaban J connectivity index is 1.31. The number of aliphatic hydroxyl groups is 2. The minimum absolute atomic E-state index is 0.0442. The standard InChI is InChI=1S/C35H56N2O4/c1-6-8-13-32(40)36-31(11-7-2)37-33(41)14-10-9-12-23(3)27-17-18-28-26-16-15-24-21-25(38)19-20-34(24,4)29(26)22-30(39)35(27,28)5/h2,10,14,23-31,38-39H,6,8-9,11-13,15-22H2,1,3-5H3,(H,36,40)(H,37,41). The van der Waals surface area contributed by atoms with Crippen molar-refractivity contribution in [2.75, 3.05) is 0 Å². The van der Waals surface area contributed by atoms with Gasteiger partial charge in [-0.1, -0.05) is 40.2 Å². The number of hydrogen-bond acceptors (Lipinski definition) is 4. The number of allylic oxidation sites excluding steroid dienone is 1. The molecule has 11 atom stereocenters. The molecule has 11 unspecified atom stereocenters. The number of aliphatic hydroxyl groups excluding tert-OH is 2. The fourth-order valence-corrected chi connectivity index (χ4v) is 9.99. The van der Waals surface area contributed by atoms with Gasteiger partial charge in [0.25, 0.3) is 0 Å². The van der Waals surface area contributed by atoms with Crippen LogP contribution in [0.15, 0.2) is 12.2 Å². The van der Waals surface area contributed by atoms with E-state index in [4.69, 9.17) is 6.42 Å². The lowest BCUT2D eigenvalue weighted by molar-refractivity contribution is -0.174. The van der Waals surface area contributed by atoms with Gasteiger partial charge in [0.1, 0.15) is 6.17 Å². The molecule has 4 fully saturated rings. The molecule has 4 rings (SSSR count). The van der Waals surface area contributed by atoms with E-state index in [1.54, 1.807) is 6.08 Å². The van der Waals surface area contributed by atoms with Crippen LogP contribution in [0, 0.1) is 58.7 Å². The van der Waals surface area contributed by atoms with Crippen molar-refractivity contribution in [2.24, 2.45) is 46.3 Å². The number of rotatable bonds is 11. The summed E-state index contributed by atoms with van der Waals surface area (Å²) in [5.41, 5.74) is 0.217. The molecular formula is C35H56N2O4. The molecule has 0 saturated heterocycles. The lowest BCUT2D eigenvalue weighted by atomic mass is 9.43. The topological polar surface area (TPSA) is 98.7 Å². The molecule has 0 aromatic carbocycles. The number of amides is 2. The molecular weight excluding hydrogens is 512 g/mol. The molecule has 0 heterocycles. The lowest BCUT2D eigenvalue weighted by Crippen LogP contribution is -2.58. The molecule has 4 N–H and O–H groups in total. The average Bonchev–Trinajstić information content (AvgIpc) is 3.29.